The highest BCUT2D eigenvalue weighted by atomic mass is 79.9. The molecule has 0 unspecified atom stereocenters. The lowest BCUT2D eigenvalue weighted by molar-refractivity contribution is 0.0942. The fraction of sp³-hybridized carbons (Fsp3) is 0.143. The fourth-order valence-corrected chi connectivity index (χ4v) is 4.85. The minimum atomic E-state index is -0.0817. The van der Waals surface area contributed by atoms with Gasteiger partial charge in [0.25, 0.3) is 5.91 Å². The van der Waals surface area contributed by atoms with Crippen LogP contribution in [0.1, 0.15) is 27.2 Å². The van der Waals surface area contributed by atoms with Gasteiger partial charge in [0.1, 0.15) is 5.69 Å². The van der Waals surface area contributed by atoms with E-state index in [2.05, 4.69) is 67.4 Å². The number of aryl methyl sites for hydroxylation is 1. The second-order valence-corrected chi connectivity index (χ2v) is 8.21. The molecule has 0 radical (unpaired) electrons. The van der Waals surface area contributed by atoms with Crippen molar-refractivity contribution in [2.24, 2.45) is 0 Å². The third-order valence-electron chi connectivity index (χ3n) is 4.41. The maximum Gasteiger partial charge on any atom is 0.268 e. The number of thiophene rings is 1. The van der Waals surface area contributed by atoms with E-state index in [1.807, 2.05) is 18.2 Å². The molecule has 1 N–H and O–H groups in total. The lowest BCUT2D eigenvalue weighted by Crippen LogP contribution is -2.25. The Morgan fingerprint density at radius 1 is 1.22 bits per heavy atom. The predicted molar refractivity (Wildman–Crippen MR) is 113 cm³/mol. The Labute approximate surface area is 170 Å². The summed E-state index contributed by atoms with van der Waals surface area (Å²) in [7, 11) is 0. The van der Waals surface area contributed by atoms with Crippen LogP contribution in [0, 0.1) is 6.92 Å². The lowest BCUT2D eigenvalue weighted by Gasteiger charge is -2.12. The van der Waals surface area contributed by atoms with E-state index in [9.17, 15) is 4.79 Å². The zero-order chi connectivity index (χ0) is 18.8. The Morgan fingerprint density at radius 2 is 2.07 bits per heavy atom. The SMILES string of the molecule is Cc1cccc(Cn2c(C(=O)NCc3cccnc3)cc3scc(Br)c32)c1. The topological polar surface area (TPSA) is 46.9 Å². The number of nitrogens with one attached hydrogen (secondary N) is 1. The number of pyridine rings is 1. The van der Waals surface area contributed by atoms with E-state index in [4.69, 9.17) is 0 Å². The number of rotatable bonds is 5. The van der Waals surface area contributed by atoms with Crippen molar-refractivity contribution in [2.75, 3.05) is 0 Å². The largest absolute Gasteiger partial charge is 0.347 e. The van der Waals surface area contributed by atoms with Crippen molar-refractivity contribution in [1.82, 2.24) is 14.9 Å². The van der Waals surface area contributed by atoms with Crippen LogP contribution >= 0.6 is 27.3 Å². The van der Waals surface area contributed by atoms with Gasteiger partial charge in [-0.05, 0) is 46.1 Å². The molecule has 0 saturated heterocycles. The molecule has 1 aromatic carbocycles. The number of fused-ring (bicyclic) bond motifs is 1. The van der Waals surface area contributed by atoms with E-state index in [1.165, 1.54) is 11.1 Å². The molecule has 27 heavy (non-hydrogen) atoms. The van der Waals surface area contributed by atoms with Gasteiger partial charge in [-0.3, -0.25) is 9.78 Å². The molecule has 136 valence electrons. The first-order valence-corrected chi connectivity index (χ1v) is 10.3. The molecule has 3 aromatic heterocycles. The molecule has 0 aliphatic rings. The molecule has 3 heterocycles. The smallest absolute Gasteiger partial charge is 0.268 e. The van der Waals surface area contributed by atoms with Crippen LogP contribution in [-0.2, 0) is 13.1 Å². The summed E-state index contributed by atoms with van der Waals surface area (Å²) in [5.41, 5.74) is 5.09. The lowest BCUT2D eigenvalue weighted by atomic mass is 10.1. The van der Waals surface area contributed by atoms with Gasteiger partial charge in [-0.25, -0.2) is 0 Å². The van der Waals surface area contributed by atoms with E-state index < -0.39 is 0 Å². The van der Waals surface area contributed by atoms with Gasteiger partial charge in [-0.1, -0.05) is 35.9 Å². The van der Waals surface area contributed by atoms with Crippen molar-refractivity contribution in [1.29, 1.82) is 0 Å². The number of halogens is 1. The van der Waals surface area contributed by atoms with Gasteiger partial charge in [-0.2, -0.15) is 0 Å². The second kappa shape index (κ2) is 7.66. The van der Waals surface area contributed by atoms with Crippen LogP contribution in [0.5, 0.6) is 0 Å². The summed E-state index contributed by atoms with van der Waals surface area (Å²) in [6, 6.07) is 14.2. The summed E-state index contributed by atoms with van der Waals surface area (Å²) in [5, 5.41) is 5.08. The van der Waals surface area contributed by atoms with Crippen LogP contribution in [0.3, 0.4) is 0 Å². The number of benzene rings is 1. The van der Waals surface area contributed by atoms with Crippen LogP contribution < -0.4 is 5.32 Å². The third kappa shape index (κ3) is 3.82. The number of amides is 1. The van der Waals surface area contributed by atoms with Crippen molar-refractivity contribution in [3.8, 4) is 0 Å². The molecule has 0 saturated carbocycles. The van der Waals surface area contributed by atoms with Gasteiger partial charge in [0.15, 0.2) is 0 Å². The Bertz CT molecular complexity index is 1100. The maximum atomic E-state index is 12.9. The summed E-state index contributed by atoms with van der Waals surface area (Å²) in [4.78, 5) is 17.0. The van der Waals surface area contributed by atoms with Crippen molar-refractivity contribution in [2.45, 2.75) is 20.0 Å². The molecule has 0 aliphatic heterocycles. The van der Waals surface area contributed by atoms with E-state index in [0.29, 0.717) is 18.8 Å². The predicted octanol–water partition coefficient (Wildman–Crippen LogP) is 5.15. The quantitative estimate of drug-likeness (QED) is 0.467. The monoisotopic (exact) mass is 439 g/mol. The Hall–Kier alpha value is -2.44. The van der Waals surface area contributed by atoms with Crippen molar-refractivity contribution < 1.29 is 4.79 Å². The van der Waals surface area contributed by atoms with Gasteiger partial charge >= 0.3 is 0 Å². The molecule has 4 nitrogen and oxygen atoms in total. The number of hydrogen-bond acceptors (Lipinski definition) is 3. The number of nitrogens with zero attached hydrogens (tertiary/aromatic N) is 2. The average Bonchev–Trinajstić information content (AvgIpc) is 3.21. The third-order valence-corrected chi connectivity index (χ3v) is 6.24. The van der Waals surface area contributed by atoms with Crippen LogP contribution in [0.25, 0.3) is 10.2 Å². The summed E-state index contributed by atoms with van der Waals surface area (Å²) in [5.74, 6) is -0.0817. The molecule has 0 spiro atoms. The van der Waals surface area contributed by atoms with Crippen LogP contribution in [0.2, 0.25) is 0 Å². The first kappa shape index (κ1) is 17.9. The minimum absolute atomic E-state index is 0.0817. The minimum Gasteiger partial charge on any atom is -0.347 e. The van der Waals surface area contributed by atoms with Gasteiger partial charge in [0, 0.05) is 30.9 Å². The van der Waals surface area contributed by atoms with Gasteiger partial charge in [0.2, 0.25) is 0 Å². The number of hydrogen-bond donors (Lipinski definition) is 1. The first-order valence-electron chi connectivity index (χ1n) is 8.60. The molecule has 4 aromatic rings. The van der Waals surface area contributed by atoms with E-state index >= 15 is 0 Å². The summed E-state index contributed by atoms with van der Waals surface area (Å²) in [6.07, 6.45) is 3.49. The van der Waals surface area contributed by atoms with E-state index in [0.717, 1.165) is 20.3 Å². The Balaban J connectivity index is 1.66. The fourth-order valence-electron chi connectivity index (χ4n) is 3.15. The summed E-state index contributed by atoms with van der Waals surface area (Å²) >= 11 is 5.27. The van der Waals surface area contributed by atoms with Gasteiger partial charge in [-0.15, -0.1) is 11.3 Å². The maximum absolute atomic E-state index is 12.9. The van der Waals surface area contributed by atoms with Crippen molar-refractivity contribution in [3.63, 3.8) is 0 Å². The molecule has 6 heteroatoms. The van der Waals surface area contributed by atoms with E-state index in [-0.39, 0.29) is 5.91 Å². The zero-order valence-corrected chi connectivity index (χ0v) is 17.2. The number of carbonyl (C=O) groups is 1. The molecule has 4 rings (SSSR count). The van der Waals surface area contributed by atoms with Crippen LogP contribution in [0.4, 0.5) is 0 Å². The van der Waals surface area contributed by atoms with Crippen molar-refractivity contribution in [3.05, 3.63) is 87.1 Å². The summed E-state index contributed by atoms with van der Waals surface area (Å²) < 4.78 is 4.20. The summed E-state index contributed by atoms with van der Waals surface area (Å²) in [6.45, 7) is 3.18. The molecular weight excluding hydrogens is 422 g/mol. The molecule has 0 fully saturated rings. The highest BCUT2D eigenvalue weighted by Gasteiger charge is 2.19. The standard InChI is InChI=1S/C21H18BrN3OS/c1-14-4-2-5-15(8-14)12-25-18(9-19-20(25)17(22)13-27-19)21(26)24-11-16-6-3-7-23-10-16/h2-10,13H,11-12H2,1H3,(H,24,26). The normalized spacial score (nSPS) is 11.0. The molecule has 0 atom stereocenters. The molecule has 0 bridgehead atoms. The van der Waals surface area contributed by atoms with Gasteiger partial charge < -0.3 is 9.88 Å². The molecule has 0 aliphatic carbocycles. The van der Waals surface area contributed by atoms with Crippen molar-refractivity contribution >= 4 is 43.4 Å². The number of carbonyl (C=O) groups excluding carboxylic acids is 1. The van der Waals surface area contributed by atoms with Gasteiger partial charge in [0.05, 0.1) is 14.7 Å². The number of aromatic nitrogens is 2. The highest BCUT2D eigenvalue weighted by molar-refractivity contribution is 9.10. The Morgan fingerprint density at radius 3 is 2.85 bits per heavy atom. The Kier molecular flexibility index (Phi) is 5.09. The molecular formula is C21H18BrN3OS. The first-order chi connectivity index (χ1) is 13.1. The molecule has 1 amide bonds. The second-order valence-electron chi connectivity index (χ2n) is 6.45. The zero-order valence-electron chi connectivity index (χ0n) is 14.8. The van der Waals surface area contributed by atoms with Crippen LogP contribution in [-0.4, -0.2) is 15.5 Å². The average molecular weight is 440 g/mol. The van der Waals surface area contributed by atoms with Crippen LogP contribution in [0.15, 0.2) is 64.7 Å². The highest BCUT2D eigenvalue weighted by Crippen LogP contribution is 2.33. The van der Waals surface area contributed by atoms with E-state index in [1.54, 1.807) is 23.7 Å².